The number of nitrogens with one attached hydrogen (secondary N) is 1. The Bertz CT molecular complexity index is 1260. The van der Waals surface area contributed by atoms with Gasteiger partial charge < -0.3 is 28.7 Å². The molecular formula is C29H35BrN6O4. The second kappa shape index (κ2) is 13.8. The summed E-state index contributed by atoms with van der Waals surface area (Å²) in [6.07, 6.45) is 1.73. The van der Waals surface area contributed by atoms with Gasteiger partial charge in [-0.25, -0.2) is 0 Å². The Balaban J connectivity index is 1.26. The van der Waals surface area contributed by atoms with Crippen LogP contribution in [-0.2, 0) is 9.47 Å². The van der Waals surface area contributed by atoms with Crippen molar-refractivity contribution in [3.63, 3.8) is 0 Å². The van der Waals surface area contributed by atoms with Crippen LogP contribution in [0.3, 0.4) is 0 Å². The molecule has 0 amide bonds. The minimum Gasteiger partial charge on any atom is -0.490 e. The Labute approximate surface area is 243 Å². The van der Waals surface area contributed by atoms with Crippen LogP contribution in [0, 0.1) is 13.8 Å². The zero-order valence-corrected chi connectivity index (χ0v) is 24.5. The van der Waals surface area contributed by atoms with E-state index in [1.54, 1.807) is 6.21 Å². The second-order valence-electron chi connectivity index (χ2n) is 9.68. The Hall–Kier alpha value is -3.41. The summed E-state index contributed by atoms with van der Waals surface area (Å²) < 4.78 is 23.9. The zero-order chi connectivity index (χ0) is 27.7. The molecule has 2 aromatic carbocycles. The van der Waals surface area contributed by atoms with E-state index in [1.807, 2.05) is 36.4 Å². The number of halogens is 1. The lowest BCUT2D eigenvalue weighted by Crippen LogP contribution is -2.39. The lowest BCUT2D eigenvalue weighted by Gasteiger charge is -2.31. The number of anilines is 3. The van der Waals surface area contributed by atoms with Gasteiger partial charge in [-0.05, 0) is 55.3 Å². The van der Waals surface area contributed by atoms with E-state index in [0.29, 0.717) is 57.2 Å². The number of nitrogens with zero attached hydrogens (tertiary/aromatic N) is 5. The highest BCUT2D eigenvalue weighted by Gasteiger charge is 2.19. The highest BCUT2D eigenvalue weighted by Crippen LogP contribution is 2.24. The monoisotopic (exact) mass is 610 g/mol. The summed E-state index contributed by atoms with van der Waals surface area (Å²) in [5.74, 6) is 3.70. The number of aryl methyl sites for hydroxylation is 2. The van der Waals surface area contributed by atoms with Gasteiger partial charge in [0.1, 0.15) is 30.5 Å². The van der Waals surface area contributed by atoms with Crippen LogP contribution in [0.4, 0.5) is 17.6 Å². The van der Waals surface area contributed by atoms with Gasteiger partial charge >= 0.3 is 0 Å². The van der Waals surface area contributed by atoms with Gasteiger partial charge in [0.25, 0.3) is 0 Å². The van der Waals surface area contributed by atoms with E-state index in [2.05, 4.69) is 56.2 Å². The molecule has 0 unspecified atom stereocenters. The highest BCUT2D eigenvalue weighted by atomic mass is 79.9. The first kappa shape index (κ1) is 28.1. The van der Waals surface area contributed by atoms with E-state index >= 15 is 0 Å². The SMILES string of the molecule is Cc1cc(C)cc(OCCOc2ccc(Br)cc2/C=N\Nc2cc(N3CCOCC3)nc(N3CCOCC3)n2)c1. The Morgan fingerprint density at radius 3 is 2.27 bits per heavy atom. The number of ether oxygens (including phenoxy) is 4. The molecule has 0 radical (unpaired) electrons. The van der Waals surface area contributed by atoms with Gasteiger partial charge in [0.15, 0.2) is 5.82 Å². The summed E-state index contributed by atoms with van der Waals surface area (Å²) in [7, 11) is 0. The van der Waals surface area contributed by atoms with E-state index in [9.17, 15) is 0 Å². The van der Waals surface area contributed by atoms with Gasteiger partial charge in [0, 0.05) is 42.3 Å². The fraction of sp³-hybridized carbons (Fsp3) is 0.414. The Morgan fingerprint density at radius 2 is 1.55 bits per heavy atom. The summed E-state index contributed by atoms with van der Waals surface area (Å²) in [6.45, 7) is 10.7. The predicted octanol–water partition coefficient (Wildman–Crippen LogP) is 4.43. The molecule has 212 valence electrons. The molecule has 40 heavy (non-hydrogen) atoms. The van der Waals surface area contributed by atoms with E-state index in [0.717, 1.165) is 47.8 Å². The number of rotatable bonds is 10. The summed E-state index contributed by atoms with van der Waals surface area (Å²) in [4.78, 5) is 13.9. The number of morpholine rings is 2. The molecular weight excluding hydrogens is 576 g/mol. The molecule has 3 aromatic rings. The predicted molar refractivity (Wildman–Crippen MR) is 160 cm³/mol. The molecule has 10 nitrogen and oxygen atoms in total. The van der Waals surface area contributed by atoms with Crippen molar-refractivity contribution in [1.29, 1.82) is 0 Å². The van der Waals surface area contributed by atoms with Crippen LogP contribution in [0.15, 0.2) is 52.0 Å². The van der Waals surface area contributed by atoms with E-state index in [4.69, 9.17) is 28.9 Å². The third-order valence-electron chi connectivity index (χ3n) is 6.49. The van der Waals surface area contributed by atoms with E-state index in [1.165, 1.54) is 11.1 Å². The lowest BCUT2D eigenvalue weighted by atomic mass is 10.1. The van der Waals surface area contributed by atoms with Crippen molar-refractivity contribution < 1.29 is 18.9 Å². The molecule has 5 rings (SSSR count). The largest absolute Gasteiger partial charge is 0.490 e. The molecule has 0 atom stereocenters. The molecule has 2 aliphatic heterocycles. The maximum absolute atomic E-state index is 6.05. The van der Waals surface area contributed by atoms with Crippen LogP contribution >= 0.6 is 15.9 Å². The molecule has 0 spiro atoms. The van der Waals surface area contributed by atoms with Crippen molar-refractivity contribution in [2.75, 3.05) is 81.0 Å². The van der Waals surface area contributed by atoms with Gasteiger partial charge in [0.05, 0.1) is 32.6 Å². The van der Waals surface area contributed by atoms with E-state index in [-0.39, 0.29) is 0 Å². The molecule has 2 aliphatic rings. The third-order valence-corrected chi connectivity index (χ3v) is 6.98. The maximum Gasteiger partial charge on any atom is 0.229 e. The number of hydrazone groups is 1. The molecule has 3 heterocycles. The van der Waals surface area contributed by atoms with Crippen molar-refractivity contribution in [1.82, 2.24) is 9.97 Å². The van der Waals surface area contributed by atoms with Crippen molar-refractivity contribution in [2.45, 2.75) is 13.8 Å². The van der Waals surface area contributed by atoms with Crippen LogP contribution in [-0.4, -0.2) is 82.0 Å². The number of aromatic nitrogens is 2. The summed E-state index contributed by atoms with van der Waals surface area (Å²) >= 11 is 3.55. The van der Waals surface area contributed by atoms with Gasteiger partial charge in [-0.3, -0.25) is 5.43 Å². The van der Waals surface area contributed by atoms with Crippen LogP contribution < -0.4 is 24.7 Å². The molecule has 2 saturated heterocycles. The van der Waals surface area contributed by atoms with Crippen LogP contribution in [0.25, 0.3) is 0 Å². The van der Waals surface area contributed by atoms with Crippen molar-refractivity contribution in [2.24, 2.45) is 5.10 Å². The molecule has 0 saturated carbocycles. The highest BCUT2D eigenvalue weighted by molar-refractivity contribution is 9.10. The first-order chi connectivity index (χ1) is 19.5. The Morgan fingerprint density at radius 1 is 0.875 bits per heavy atom. The summed E-state index contributed by atoms with van der Waals surface area (Å²) in [6, 6.07) is 13.9. The van der Waals surface area contributed by atoms with Crippen molar-refractivity contribution in [3.05, 3.63) is 63.6 Å². The van der Waals surface area contributed by atoms with Gasteiger partial charge in [0.2, 0.25) is 5.95 Å². The van der Waals surface area contributed by atoms with Crippen molar-refractivity contribution in [3.8, 4) is 11.5 Å². The molecule has 1 N–H and O–H groups in total. The van der Waals surface area contributed by atoms with Crippen LogP contribution in [0.5, 0.6) is 11.5 Å². The third kappa shape index (κ3) is 7.83. The molecule has 1 aromatic heterocycles. The Kier molecular flexibility index (Phi) is 9.69. The summed E-state index contributed by atoms with van der Waals surface area (Å²) in [5, 5.41) is 4.50. The van der Waals surface area contributed by atoms with Crippen molar-refractivity contribution >= 4 is 39.7 Å². The first-order valence-corrected chi connectivity index (χ1v) is 14.3. The maximum atomic E-state index is 6.05. The number of hydrogen-bond acceptors (Lipinski definition) is 10. The fourth-order valence-electron chi connectivity index (χ4n) is 4.59. The molecule has 2 fully saturated rings. The number of hydrogen-bond donors (Lipinski definition) is 1. The zero-order valence-electron chi connectivity index (χ0n) is 22.9. The van der Waals surface area contributed by atoms with Crippen LogP contribution in [0.1, 0.15) is 16.7 Å². The number of benzene rings is 2. The van der Waals surface area contributed by atoms with Gasteiger partial charge in [-0.2, -0.15) is 15.1 Å². The molecule has 0 bridgehead atoms. The fourth-order valence-corrected chi connectivity index (χ4v) is 4.96. The minimum absolute atomic E-state index is 0.403. The lowest BCUT2D eigenvalue weighted by molar-refractivity contribution is 0.121. The van der Waals surface area contributed by atoms with Gasteiger partial charge in [-0.15, -0.1) is 0 Å². The quantitative estimate of drug-likeness (QED) is 0.203. The van der Waals surface area contributed by atoms with Crippen LogP contribution in [0.2, 0.25) is 0 Å². The topological polar surface area (TPSA) is 93.6 Å². The molecule has 11 heteroatoms. The average molecular weight is 612 g/mol. The normalized spacial score (nSPS) is 15.9. The minimum atomic E-state index is 0.403. The summed E-state index contributed by atoms with van der Waals surface area (Å²) in [5.41, 5.74) is 6.28. The average Bonchev–Trinajstić information content (AvgIpc) is 2.96. The first-order valence-electron chi connectivity index (χ1n) is 13.5. The second-order valence-corrected chi connectivity index (χ2v) is 10.6. The molecule has 0 aliphatic carbocycles. The van der Waals surface area contributed by atoms with E-state index < -0.39 is 0 Å². The smallest absolute Gasteiger partial charge is 0.229 e. The van der Waals surface area contributed by atoms with Gasteiger partial charge in [-0.1, -0.05) is 22.0 Å². The standard InChI is InChI=1S/C29H35BrN6O4/c1-21-15-22(2)17-25(16-21)39-13-14-40-26-4-3-24(30)18-23(26)20-31-34-27-19-28(35-5-9-37-10-6-35)33-29(32-27)36-7-11-38-12-8-36/h3-4,15-20H,5-14H2,1-2H3,(H,32,33,34)/b31-20-.